The number of amides is 2. The van der Waals surface area contributed by atoms with E-state index in [1.54, 1.807) is 0 Å². The van der Waals surface area contributed by atoms with Gasteiger partial charge in [-0.25, -0.2) is 4.79 Å². The van der Waals surface area contributed by atoms with Crippen LogP contribution in [0.4, 0.5) is 10.5 Å². The van der Waals surface area contributed by atoms with Crippen LogP contribution in [0.3, 0.4) is 0 Å². The average molecular weight is 220 g/mol. The van der Waals surface area contributed by atoms with Crippen LogP contribution < -0.4 is 10.6 Å². The molecule has 16 heavy (non-hydrogen) atoms. The van der Waals surface area contributed by atoms with E-state index in [2.05, 4.69) is 31.4 Å². The molecule has 1 aromatic carbocycles. The third kappa shape index (κ3) is 3.93. The molecule has 0 aliphatic rings. The number of anilines is 1. The second kappa shape index (κ2) is 5.01. The molecule has 0 saturated carbocycles. The lowest BCUT2D eigenvalue weighted by Gasteiger charge is -2.28. The molecule has 1 unspecified atom stereocenters. The SMILES string of the molecule is CC(NC(=O)Nc1ccccc1)C(C)(C)C. The summed E-state index contributed by atoms with van der Waals surface area (Å²) in [6.07, 6.45) is 0. The van der Waals surface area contributed by atoms with Crippen molar-refractivity contribution < 1.29 is 4.79 Å². The molecule has 0 spiro atoms. The largest absolute Gasteiger partial charge is 0.335 e. The maximum absolute atomic E-state index is 11.6. The van der Waals surface area contributed by atoms with Gasteiger partial charge in [0.05, 0.1) is 0 Å². The molecule has 1 rings (SSSR count). The van der Waals surface area contributed by atoms with E-state index >= 15 is 0 Å². The van der Waals surface area contributed by atoms with Crippen LogP contribution in [-0.2, 0) is 0 Å². The van der Waals surface area contributed by atoms with Gasteiger partial charge >= 0.3 is 6.03 Å². The van der Waals surface area contributed by atoms with Gasteiger partial charge in [-0.3, -0.25) is 0 Å². The fourth-order valence-electron chi connectivity index (χ4n) is 1.10. The summed E-state index contributed by atoms with van der Waals surface area (Å²) in [5.74, 6) is 0. The maximum atomic E-state index is 11.6. The number of hydrogen-bond donors (Lipinski definition) is 2. The Morgan fingerprint density at radius 2 is 1.75 bits per heavy atom. The van der Waals surface area contributed by atoms with Crippen molar-refractivity contribution in [2.75, 3.05) is 5.32 Å². The van der Waals surface area contributed by atoms with E-state index < -0.39 is 0 Å². The zero-order valence-electron chi connectivity index (χ0n) is 10.4. The van der Waals surface area contributed by atoms with Crippen LogP contribution in [0.2, 0.25) is 0 Å². The van der Waals surface area contributed by atoms with Crippen LogP contribution in [0.1, 0.15) is 27.7 Å². The number of urea groups is 1. The minimum Gasteiger partial charge on any atom is -0.335 e. The van der Waals surface area contributed by atoms with Crippen molar-refractivity contribution >= 4 is 11.7 Å². The molecule has 3 heteroatoms. The van der Waals surface area contributed by atoms with Gasteiger partial charge in [-0.1, -0.05) is 39.0 Å². The fraction of sp³-hybridized carbons (Fsp3) is 0.462. The zero-order valence-corrected chi connectivity index (χ0v) is 10.4. The van der Waals surface area contributed by atoms with E-state index in [0.717, 1.165) is 5.69 Å². The van der Waals surface area contributed by atoms with Crippen molar-refractivity contribution in [1.29, 1.82) is 0 Å². The molecule has 0 aliphatic heterocycles. The first-order valence-electron chi connectivity index (χ1n) is 5.52. The van der Waals surface area contributed by atoms with Crippen LogP contribution in [-0.4, -0.2) is 12.1 Å². The van der Waals surface area contributed by atoms with Crippen LogP contribution in [0, 0.1) is 5.41 Å². The summed E-state index contributed by atoms with van der Waals surface area (Å²) in [7, 11) is 0. The topological polar surface area (TPSA) is 41.1 Å². The first-order valence-corrected chi connectivity index (χ1v) is 5.52. The van der Waals surface area contributed by atoms with E-state index in [1.165, 1.54) is 0 Å². The molecule has 2 N–H and O–H groups in total. The minimum absolute atomic E-state index is 0.0635. The van der Waals surface area contributed by atoms with Crippen LogP contribution in [0.15, 0.2) is 30.3 Å². The number of carbonyl (C=O) groups excluding carboxylic acids is 1. The summed E-state index contributed by atoms with van der Waals surface area (Å²) in [4.78, 5) is 11.6. The molecule has 0 bridgehead atoms. The van der Waals surface area contributed by atoms with Gasteiger partial charge in [0.25, 0.3) is 0 Å². The van der Waals surface area contributed by atoms with Crippen molar-refractivity contribution in [3.05, 3.63) is 30.3 Å². The van der Waals surface area contributed by atoms with E-state index in [9.17, 15) is 4.79 Å². The van der Waals surface area contributed by atoms with Gasteiger partial charge in [0, 0.05) is 11.7 Å². The minimum atomic E-state index is -0.159. The molecule has 0 aromatic heterocycles. The molecular formula is C13H20N2O. The smallest absolute Gasteiger partial charge is 0.319 e. The van der Waals surface area contributed by atoms with Gasteiger partial charge in [-0.2, -0.15) is 0 Å². The number of benzene rings is 1. The molecule has 1 aromatic rings. The van der Waals surface area contributed by atoms with Gasteiger partial charge < -0.3 is 10.6 Å². The zero-order chi connectivity index (χ0) is 12.2. The Balaban J connectivity index is 2.49. The third-order valence-corrected chi connectivity index (χ3v) is 2.68. The lowest BCUT2D eigenvalue weighted by atomic mass is 9.88. The first-order chi connectivity index (χ1) is 7.39. The Hall–Kier alpha value is -1.51. The Morgan fingerprint density at radius 3 is 2.25 bits per heavy atom. The molecule has 1 atom stereocenters. The first kappa shape index (κ1) is 12.6. The predicted molar refractivity (Wildman–Crippen MR) is 67.5 cm³/mol. The van der Waals surface area contributed by atoms with Crippen molar-refractivity contribution in [3.63, 3.8) is 0 Å². The molecule has 3 nitrogen and oxygen atoms in total. The summed E-state index contributed by atoms with van der Waals surface area (Å²) in [5, 5.41) is 5.71. The molecule has 0 saturated heterocycles. The number of rotatable bonds is 2. The molecule has 0 fully saturated rings. The van der Waals surface area contributed by atoms with Gasteiger partial charge in [0.2, 0.25) is 0 Å². The van der Waals surface area contributed by atoms with Gasteiger partial charge in [-0.15, -0.1) is 0 Å². The highest BCUT2D eigenvalue weighted by molar-refractivity contribution is 5.89. The molecular weight excluding hydrogens is 200 g/mol. The number of hydrogen-bond acceptors (Lipinski definition) is 1. The highest BCUT2D eigenvalue weighted by atomic mass is 16.2. The highest BCUT2D eigenvalue weighted by Crippen LogP contribution is 2.18. The van der Waals surface area contributed by atoms with Crippen molar-refractivity contribution in [1.82, 2.24) is 5.32 Å². The number of para-hydroxylation sites is 1. The van der Waals surface area contributed by atoms with Crippen molar-refractivity contribution in [2.24, 2.45) is 5.41 Å². The Labute approximate surface area is 97.2 Å². The van der Waals surface area contributed by atoms with Crippen molar-refractivity contribution in [3.8, 4) is 0 Å². The standard InChI is InChI=1S/C13H20N2O/c1-10(13(2,3)4)14-12(16)15-11-8-6-5-7-9-11/h5-10H,1-4H3,(H2,14,15,16). The van der Waals surface area contributed by atoms with Crippen LogP contribution >= 0.6 is 0 Å². The Bertz CT molecular complexity index is 341. The second-order valence-electron chi connectivity index (χ2n) is 5.05. The summed E-state index contributed by atoms with van der Waals surface area (Å²) in [6, 6.07) is 9.39. The van der Waals surface area contributed by atoms with Gasteiger partial charge in [0.1, 0.15) is 0 Å². The molecule has 2 amide bonds. The van der Waals surface area contributed by atoms with E-state index in [1.807, 2.05) is 37.3 Å². The maximum Gasteiger partial charge on any atom is 0.319 e. The van der Waals surface area contributed by atoms with E-state index in [4.69, 9.17) is 0 Å². The predicted octanol–water partition coefficient (Wildman–Crippen LogP) is 3.24. The number of carbonyl (C=O) groups is 1. The molecule has 0 heterocycles. The monoisotopic (exact) mass is 220 g/mol. The van der Waals surface area contributed by atoms with Crippen LogP contribution in [0.25, 0.3) is 0 Å². The summed E-state index contributed by atoms with van der Waals surface area (Å²) in [5.41, 5.74) is 0.870. The van der Waals surface area contributed by atoms with Gasteiger partial charge in [0.15, 0.2) is 0 Å². The summed E-state index contributed by atoms with van der Waals surface area (Å²) in [6.45, 7) is 8.30. The highest BCUT2D eigenvalue weighted by Gasteiger charge is 2.21. The van der Waals surface area contributed by atoms with Gasteiger partial charge in [-0.05, 0) is 24.5 Å². The third-order valence-electron chi connectivity index (χ3n) is 2.68. The Kier molecular flexibility index (Phi) is 3.93. The normalized spacial score (nSPS) is 13.0. The summed E-state index contributed by atoms with van der Waals surface area (Å²) < 4.78 is 0. The van der Waals surface area contributed by atoms with Crippen LogP contribution in [0.5, 0.6) is 0 Å². The average Bonchev–Trinajstić information content (AvgIpc) is 2.17. The van der Waals surface area contributed by atoms with E-state index in [0.29, 0.717) is 0 Å². The molecule has 0 aliphatic carbocycles. The lowest BCUT2D eigenvalue weighted by molar-refractivity contribution is 0.233. The quantitative estimate of drug-likeness (QED) is 0.789. The van der Waals surface area contributed by atoms with Crippen molar-refractivity contribution in [2.45, 2.75) is 33.7 Å². The molecule has 88 valence electrons. The lowest BCUT2D eigenvalue weighted by Crippen LogP contribution is -2.43. The second-order valence-corrected chi connectivity index (χ2v) is 5.05. The fourth-order valence-corrected chi connectivity index (χ4v) is 1.10. The number of nitrogens with one attached hydrogen (secondary N) is 2. The molecule has 0 radical (unpaired) electrons. The summed E-state index contributed by atoms with van der Waals surface area (Å²) >= 11 is 0. The Morgan fingerprint density at radius 1 is 1.19 bits per heavy atom. The van der Waals surface area contributed by atoms with E-state index in [-0.39, 0.29) is 17.5 Å².